The molecule has 2 amide bonds. The fourth-order valence-electron chi connectivity index (χ4n) is 3.53. The van der Waals surface area contributed by atoms with Gasteiger partial charge < -0.3 is 15.0 Å². The van der Waals surface area contributed by atoms with E-state index < -0.39 is 0 Å². The van der Waals surface area contributed by atoms with Gasteiger partial charge in [0.15, 0.2) is 0 Å². The quantitative estimate of drug-likeness (QED) is 0.766. The van der Waals surface area contributed by atoms with Crippen molar-refractivity contribution in [2.24, 2.45) is 13.0 Å². The number of anilines is 2. The number of urea groups is 1. The van der Waals surface area contributed by atoms with Crippen LogP contribution in [0, 0.1) is 5.92 Å². The molecule has 0 spiro atoms. The number of aryl methyl sites for hydroxylation is 2. The minimum atomic E-state index is -0.190. The van der Waals surface area contributed by atoms with Crippen LogP contribution in [0.4, 0.5) is 16.3 Å². The van der Waals surface area contributed by atoms with Gasteiger partial charge in [-0.15, -0.1) is 0 Å². The van der Waals surface area contributed by atoms with Crippen LogP contribution in [0.25, 0.3) is 0 Å². The maximum absolute atomic E-state index is 12.5. The Bertz CT molecular complexity index is 802. The maximum Gasteiger partial charge on any atom is 0.320 e. The van der Waals surface area contributed by atoms with Crippen molar-refractivity contribution >= 4 is 17.5 Å². The summed E-state index contributed by atoms with van der Waals surface area (Å²) in [7, 11) is 3.54. The molecule has 2 aromatic rings. The fraction of sp³-hybridized carbons (Fsp3) is 0.524. The van der Waals surface area contributed by atoms with Crippen LogP contribution in [0.3, 0.4) is 0 Å². The predicted octanol–water partition coefficient (Wildman–Crippen LogP) is 3.42. The monoisotopic (exact) mass is 385 g/mol. The highest BCUT2D eigenvalue weighted by atomic mass is 16.5. The number of hydrogen-bond donors (Lipinski definition) is 2. The first-order chi connectivity index (χ1) is 13.5. The van der Waals surface area contributed by atoms with E-state index in [2.05, 4.69) is 40.5 Å². The van der Waals surface area contributed by atoms with Gasteiger partial charge in [-0.1, -0.05) is 26.0 Å². The zero-order valence-corrected chi connectivity index (χ0v) is 17.2. The first-order valence-electron chi connectivity index (χ1n) is 9.94. The molecular weight excluding hydrogens is 354 g/mol. The third-order valence-corrected chi connectivity index (χ3v) is 5.10. The maximum atomic E-state index is 12.5. The number of rotatable bonds is 7. The summed E-state index contributed by atoms with van der Waals surface area (Å²) in [6, 6.07) is 9.84. The van der Waals surface area contributed by atoms with Gasteiger partial charge >= 0.3 is 6.03 Å². The molecule has 1 unspecified atom stereocenters. The van der Waals surface area contributed by atoms with Gasteiger partial charge in [-0.25, -0.2) is 4.79 Å². The second kappa shape index (κ2) is 8.99. The average Bonchev–Trinajstić information content (AvgIpc) is 3.26. The van der Waals surface area contributed by atoms with Gasteiger partial charge in [0, 0.05) is 32.2 Å². The van der Waals surface area contributed by atoms with Crippen molar-refractivity contribution in [1.82, 2.24) is 15.1 Å². The van der Waals surface area contributed by atoms with E-state index in [4.69, 9.17) is 4.74 Å². The molecule has 28 heavy (non-hydrogen) atoms. The number of ether oxygens (including phenoxy) is 1. The molecule has 2 N–H and O–H groups in total. The van der Waals surface area contributed by atoms with Crippen LogP contribution < -0.4 is 20.3 Å². The number of para-hydroxylation sites is 2. The molecule has 0 radical (unpaired) electrons. The topological polar surface area (TPSA) is 71.4 Å². The molecule has 1 saturated heterocycles. The average molecular weight is 386 g/mol. The Balaban J connectivity index is 1.53. The van der Waals surface area contributed by atoms with Crippen LogP contribution in [0.15, 0.2) is 30.3 Å². The number of nitrogens with zero attached hydrogens (tertiary/aromatic N) is 3. The van der Waals surface area contributed by atoms with Gasteiger partial charge in [-0.2, -0.15) is 5.10 Å². The van der Waals surface area contributed by atoms with Crippen LogP contribution in [0.5, 0.6) is 5.75 Å². The molecule has 1 atom stereocenters. The van der Waals surface area contributed by atoms with Gasteiger partial charge in [0.2, 0.25) is 0 Å². The Kier molecular flexibility index (Phi) is 6.44. The van der Waals surface area contributed by atoms with Crippen molar-refractivity contribution in [2.45, 2.75) is 39.2 Å². The minimum Gasteiger partial charge on any atom is -0.495 e. The number of hydrogen-bond acceptors (Lipinski definition) is 4. The summed E-state index contributed by atoms with van der Waals surface area (Å²) in [5.74, 6) is 2.21. The predicted molar refractivity (Wildman–Crippen MR) is 112 cm³/mol. The fourth-order valence-corrected chi connectivity index (χ4v) is 3.53. The zero-order chi connectivity index (χ0) is 20.1. The molecule has 1 fully saturated rings. The van der Waals surface area contributed by atoms with Crippen molar-refractivity contribution in [3.63, 3.8) is 0 Å². The molecule has 1 aliphatic heterocycles. The Labute approximate surface area is 167 Å². The van der Waals surface area contributed by atoms with E-state index in [9.17, 15) is 4.79 Å². The number of amides is 2. The highest BCUT2D eigenvalue weighted by Gasteiger charge is 2.26. The third kappa shape index (κ3) is 4.97. The smallest absolute Gasteiger partial charge is 0.320 e. The largest absolute Gasteiger partial charge is 0.495 e. The Morgan fingerprint density at radius 2 is 2.14 bits per heavy atom. The molecule has 7 heteroatoms. The highest BCUT2D eigenvalue weighted by Crippen LogP contribution is 2.30. The molecule has 0 bridgehead atoms. The Hall–Kier alpha value is -2.70. The molecule has 1 aliphatic rings. The number of carbonyl (C=O) groups is 1. The van der Waals surface area contributed by atoms with Gasteiger partial charge in [-0.05, 0) is 37.3 Å². The highest BCUT2D eigenvalue weighted by molar-refractivity contribution is 5.88. The molecule has 1 aromatic heterocycles. The molecule has 7 nitrogen and oxygen atoms in total. The number of methoxy groups -OCH3 is 1. The third-order valence-electron chi connectivity index (χ3n) is 5.10. The van der Waals surface area contributed by atoms with Crippen molar-refractivity contribution in [2.75, 3.05) is 30.4 Å². The summed E-state index contributed by atoms with van der Waals surface area (Å²) in [5.41, 5.74) is 2.07. The Morgan fingerprint density at radius 1 is 1.36 bits per heavy atom. The molecular formula is C21H31N5O2. The van der Waals surface area contributed by atoms with Crippen molar-refractivity contribution in [3.05, 3.63) is 36.0 Å². The summed E-state index contributed by atoms with van der Waals surface area (Å²) in [6.07, 6.45) is 2.91. The van der Waals surface area contributed by atoms with Gasteiger partial charge in [0.25, 0.3) is 0 Å². The van der Waals surface area contributed by atoms with E-state index in [1.165, 1.54) is 0 Å². The summed E-state index contributed by atoms with van der Waals surface area (Å²) in [5, 5.41) is 10.5. The molecule has 2 heterocycles. The van der Waals surface area contributed by atoms with Crippen LogP contribution in [0.2, 0.25) is 0 Å². The van der Waals surface area contributed by atoms with Crippen molar-refractivity contribution in [1.29, 1.82) is 0 Å². The molecule has 0 aliphatic carbocycles. The lowest BCUT2D eigenvalue weighted by molar-refractivity contribution is 0.249. The molecule has 1 aromatic carbocycles. The van der Waals surface area contributed by atoms with Gasteiger partial charge in [0.05, 0.1) is 18.5 Å². The van der Waals surface area contributed by atoms with Crippen LogP contribution in [0.1, 0.15) is 32.4 Å². The zero-order valence-electron chi connectivity index (χ0n) is 17.2. The van der Waals surface area contributed by atoms with Crippen LogP contribution >= 0.6 is 0 Å². The van der Waals surface area contributed by atoms with E-state index >= 15 is 0 Å². The normalized spacial score (nSPS) is 16.5. The van der Waals surface area contributed by atoms with Gasteiger partial charge in [-0.3, -0.25) is 10.00 Å². The van der Waals surface area contributed by atoms with E-state index in [0.29, 0.717) is 5.92 Å². The summed E-state index contributed by atoms with van der Waals surface area (Å²) >= 11 is 0. The first-order valence-corrected chi connectivity index (χ1v) is 9.94. The van der Waals surface area contributed by atoms with Crippen molar-refractivity contribution in [3.8, 4) is 5.75 Å². The Morgan fingerprint density at radius 3 is 2.89 bits per heavy atom. The molecule has 3 rings (SSSR count). The summed E-state index contributed by atoms with van der Waals surface area (Å²) in [6.45, 7) is 6.05. The summed E-state index contributed by atoms with van der Waals surface area (Å²) < 4.78 is 7.18. The number of carbonyl (C=O) groups excluding carboxylic acids is 1. The number of aromatic nitrogens is 2. The standard InChI is InChI=1S/C21H31N5O2/c1-15(2)9-10-16-13-20(25(3)24-16)23-21(27)22-17-11-12-26(14-17)18-7-5-6-8-19(18)28-4/h5-8,13,15,17H,9-12,14H2,1-4H3,(H2,22,23,27). The van der Waals surface area contributed by atoms with Crippen molar-refractivity contribution < 1.29 is 9.53 Å². The lowest BCUT2D eigenvalue weighted by Crippen LogP contribution is -2.40. The van der Waals surface area contributed by atoms with E-state index in [1.807, 2.05) is 31.3 Å². The summed E-state index contributed by atoms with van der Waals surface area (Å²) in [4.78, 5) is 14.7. The molecule has 152 valence electrons. The number of nitrogens with one attached hydrogen (secondary N) is 2. The minimum absolute atomic E-state index is 0.0959. The lowest BCUT2D eigenvalue weighted by Gasteiger charge is -2.21. The first kappa shape index (κ1) is 20.0. The number of benzene rings is 1. The van der Waals surface area contributed by atoms with E-state index in [-0.39, 0.29) is 12.1 Å². The van der Waals surface area contributed by atoms with E-state index in [1.54, 1.807) is 11.8 Å². The van der Waals surface area contributed by atoms with Gasteiger partial charge in [0.1, 0.15) is 11.6 Å². The second-order valence-electron chi connectivity index (χ2n) is 7.78. The van der Waals surface area contributed by atoms with E-state index in [0.717, 1.165) is 55.3 Å². The lowest BCUT2D eigenvalue weighted by atomic mass is 10.1. The van der Waals surface area contributed by atoms with Crippen LogP contribution in [-0.2, 0) is 13.5 Å². The van der Waals surface area contributed by atoms with Crippen LogP contribution in [-0.4, -0.2) is 42.1 Å². The SMILES string of the molecule is COc1ccccc1N1CCC(NC(=O)Nc2cc(CCC(C)C)nn2C)C1. The second-order valence-corrected chi connectivity index (χ2v) is 7.78. The molecule has 0 saturated carbocycles.